The number of pyridine rings is 1. The molecule has 3 aromatic rings. The summed E-state index contributed by atoms with van der Waals surface area (Å²) >= 11 is 3.53. The van der Waals surface area contributed by atoms with E-state index in [1.807, 2.05) is 12.4 Å². The molecule has 0 aromatic carbocycles. The van der Waals surface area contributed by atoms with E-state index in [2.05, 4.69) is 34.4 Å². The van der Waals surface area contributed by atoms with E-state index >= 15 is 0 Å². The Balaban J connectivity index is 1.88. The first-order valence-corrected chi connectivity index (χ1v) is 8.35. The molecule has 0 aliphatic rings. The molecule has 4 heteroatoms. The molecule has 0 spiro atoms. The minimum absolute atomic E-state index is 1.04. The summed E-state index contributed by atoms with van der Waals surface area (Å²) in [5.41, 5.74) is 1.04. The Kier molecular flexibility index (Phi) is 3.89. The van der Waals surface area contributed by atoms with Gasteiger partial charge in [0, 0.05) is 17.3 Å². The van der Waals surface area contributed by atoms with E-state index in [1.165, 1.54) is 34.2 Å². The first kappa shape index (κ1) is 12.8. The molecule has 0 amide bonds. The Morgan fingerprint density at radius 1 is 1.16 bits per heavy atom. The van der Waals surface area contributed by atoms with Gasteiger partial charge < -0.3 is 0 Å². The smallest absolute Gasteiger partial charge is 0.143 e. The first-order chi connectivity index (χ1) is 9.38. The Morgan fingerprint density at radius 3 is 3.00 bits per heavy atom. The van der Waals surface area contributed by atoms with Gasteiger partial charge >= 0.3 is 0 Å². The van der Waals surface area contributed by atoms with Crippen LogP contribution in [0.1, 0.15) is 31.1 Å². The lowest BCUT2D eigenvalue weighted by Gasteiger charge is -1.97. The Labute approximate surface area is 121 Å². The summed E-state index contributed by atoms with van der Waals surface area (Å²) in [5, 5.41) is 4.43. The van der Waals surface area contributed by atoms with E-state index in [1.54, 1.807) is 22.7 Å². The maximum Gasteiger partial charge on any atom is 0.143 e. The number of hydrogen-bond donors (Lipinski definition) is 0. The molecule has 0 radical (unpaired) electrons. The molecule has 0 aliphatic heterocycles. The lowest BCUT2D eigenvalue weighted by molar-refractivity contribution is 0.722. The van der Waals surface area contributed by atoms with Crippen molar-refractivity contribution >= 4 is 32.8 Å². The molecule has 3 heterocycles. The van der Waals surface area contributed by atoms with Crippen LogP contribution in [0.15, 0.2) is 29.9 Å². The number of nitrogens with zero attached hydrogens (tertiary/aromatic N) is 2. The van der Waals surface area contributed by atoms with E-state index in [-0.39, 0.29) is 0 Å². The summed E-state index contributed by atoms with van der Waals surface area (Å²) in [7, 11) is 0. The molecular formula is C15H16N2S2. The van der Waals surface area contributed by atoms with E-state index in [9.17, 15) is 0 Å². The number of thiazole rings is 1. The summed E-state index contributed by atoms with van der Waals surface area (Å²) in [6.45, 7) is 2.24. The van der Waals surface area contributed by atoms with Crippen molar-refractivity contribution < 1.29 is 0 Å². The van der Waals surface area contributed by atoms with Gasteiger partial charge in [0.05, 0.1) is 4.70 Å². The van der Waals surface area contributed by atoms with Gasteiger partial charge in [0.15, 0.2) is 0 Å². The van der Waals surface area contributed by atoms with Crippen LogP contribution in [0, 0.1) is 0 Å². The fraction of sp³-hybridized carbons (Fsp3) is 0.333. The van der Waals surface area contributed by atoms with Gasteiger partial charge in [-0.2, -0.15) is 0 Å². The second-order valence-electron chi connectivity index (χ2n) is 4.59. The Bertz CT molecular complexity index is 669. The summed E-state index contributed by atoms with van der Waals surface area (Å²) in [4.78, 5) is 10.4. The van der Waals surface area contributed by atoms with Gasteiger partial charge in [-0.25, -0.2) is 4.98 Å². The van der Waals surface area contributed by atoms with Gasteiger partial charge in [0.25, 0.3) is 0 Å². The van der Waals surface area contributed by atoms with Crippen LogP contribution < -0.4 is 0 Å². The topological polar surface area (TPSA) is 25.8 Å². The maximum atomic E-state index is 4.56. The van der Waals surface area contributed by atoms with Gasteiger partial charge in [-0.1, -0.05) is 19.8 Å². The Morgan fingerprint density at radius 2 is 2.11 bits per heavy atom. The Hall–Kier alpha value is -1.26. The van der Waals surface area contributed by atoms with Crippen LogP contribution in [0.5, 0.6) is 0 Å². The van der Waals surface area contributed by atoms with Gasteiger partial charge in [-0.3, -0.25) is 4.98 Å². The van der Waals surface area contributed by atoms with E-state index < -0.39 is 0 Å². The number of hydrogen-bond acceptors (Lipinski definition) is 4. The summed E-state index contributed by atoms with van der Waals surface area (Å²) in [6.07, 6.45) is 8.86. The SMILES string of the molecule is CCCCCc1cnc(-c2nccc3ccsc23)s1. The fourth-order valence-corrected chi connectivity index (χ4v) is 4.03. The van der Waals surface area contributed by atoms with Crippen molar-refractivity contribution in [3.05, 3.63) is 34.8 Å². The third kappa shape index (κ3) is 2.69. The zero-order chi connectivity index (χ0) is 13.1. The monoisotopic (exact) mass is 288 g/mol. The van der Waals surface area contributed by atoms with Gasteiger partial charge in [0.1, 0.15) is 10.7 Å². The van der Waals surface area contributed by atoms with Crippen molar-refractivity contribution in [1.29, 1.82) is 0 Å². The van der Waals surface area contributed by atoms with E-state index in [0.29, 0.717) is 0 Å². The van der Waals surface area contributed by atoms with Crippen molar-refractivity contribution in [3.8, 4) is 10.7 Å². The highest BCUT2D eigenvalue weighted by molar-refractivity contribution is 7.19. The highest BCUT2D eigenvalue weighted by Crippen LogP contribution is 2.33. The lowest BCUT2D eigenvalue weighted by Crippen LogP contribution is -1.80. The van der Waals surface area contributed by atoms with Crippen LogP contribution in [0.3, 0.4) is 0 Å². The number of rotatable bonds is 5. The number of aromatic nitrogens is 2. The maximum absolute atomic E-state index is 4.56. The van der Waals surface area contributed by atoms with Crippen LogP contribution >= 0.6 is 22.7 Å². The van der Waals surface area contributed by atoms with Crippen LogP contribution in [-0.2, 0) is 6.42 Å². The molecule has 0 fully saturated rings. The predicted octanol–water partition coefficient (Wildman–Crippen LogP) is 5.15. The number of thiophene rings is 1. The second-order valence-corrected chi connectivity index (χ2v) is 6.62. The fourth-order valence-electron chi connectivity index (χ4n) is 2.13. The molecule has 0 aliphatic carbocycles. The van der Waals surface area contributed by atoms with E-state index in [0.717, 1.165) is 17.1 Å². The van der Waals surface area contributed by atoms with Crippen LogP contribution in [0.2, 0.25) is 0 Å². The number of fused-ring (bicyclic) bond motifs is 1. The molecule has 19 heavy (non-hydrogen) atoms. The van der Waals surface area contributed by atoms with Gasteiger partial charge in [-0.15, -0.1) is 22.7 Å². The zero-order valence-electron chi connectivity index (χ0n) is 10.9. The molecule has 0 unspecified atom stereocenters. The predicted molar refractivity (Wildman–Crippen MR) is 84.0 cm³/mol. The summed E-state index contributed by atoms with van der Waals surface area (Å²) in [5.74, 6) is 0. The quantitative estimate of drug-likeness (QED) is 0.607. The van der Waals surface area contributed by atoms with E-state index in [4.69, 9.17) is 0 Å². The molecule has 0 atom stereocenters. The first-order valence-electron chi connectivity index (χ1n) is 6.66. The van der Waals surface area contributed by atoms with Crippen molar-refractivity contribution in [2.75, 3.05) is 0 Å². The number of aryl methyl sites for hydroxylation is 1. The minimum Gasteiger partial charge on any atom is -0.252 e. The lowest BCUT2D eigenvalue weighted by atomic mass is 10.2. The normalized spacial score (nSPS) is 11.2. The van der Waals surface area contributed by atoms with Crippen LogP contribution in [0.4, 0.5) is 0 Å². The molecule has 98 valence electrons. The highest BCUT2D eigenvalue weighted by Gasteiger charge is 2.10. The summed E-state index contributed by atoms with van der Waals surface area (Å²) < 4.78 is 1.25. The van der Waals surface area contributed by atoms with Crippen molar-refractivity contribution in [3.63, 3.8) is 0 Å². The molecule has 0 bridgehead atoms. The molecule has 0 saturated carbocycles. The largest absolute Gasteiger partial charge is 0.252 e. The molecular weight excluding hydrogens is 272 g/mol. The van der Waals surface area contributed by atoms with Gasteiger partial charge in [0.2, 0.25) is 0 Å². The second kappa shape index (κ2) is 5.80. The van der Waals surface area contributed by atoms with Crippen LogP contribution in [0.25, 0.3) is 20.8 Å². The van der Waals surface area contributed by atoms with Gasteiger partial charge in [-0.05, 0) is 35.7 Å². The summed E-state index contributed by atoms with van der Waals surface area (Å²) in [6, 6.07) is 4.20. The molecule has 0 saturated heterocycles. The molecule has 3 rings (SSSR count). The third-order valence-electron chi connectivity index (χ3n) is 3.15. The third-order valence-corrected chi connectivity index (χ3v) is 5.15. The molecule has 2 nitrogen and oxygen atoms in total. The van der Waals surface area contributed by atoms with Crippen molar-refractivity contribution in [2.45, 2.75) is 32.6 Å². The molecule has 3 aromatic heterocycles. The van der Waals surface area contributed by atoms with Crippen molar-refractivity contribution in [2.24, 2.45) is 0 Å². The average Bonchev–Trinajstić information content (AvgIpc) is 3.07. The number of unbranched alkanes of at least 4 members (excludes halogenated alkanes) is 2. The highest BCUT2D eigenvalue weighted by atomic mass is 32.1. The average molecular weight is 288 g/mol. The standard InChI is InChI=1S/C15H16N2S2/c1-2-3-4-5-12-10-17-15(19-12)13-14-11(6-8-16-13)7-9-18-14/h6-10H,2-5H2,1H3. The minimum atomic E-state index is 1.04. The zero-order valence-corrected chi connectivity index (χ0v) is 12.6. The molecule has 0 N–H and O–H groups in total. The van der Waals surface area contributed by atoms with Crippen molar-refractivity contribution in [1.82, 2.24) is 9.97 Å². The van der Waals surface area contributed by atoms with Crippen LogP contribution in [-0.4, -0.2) is 9.97 Å².